The summed E-state index contributed by atoms with van der Waals surface area (Å²) in [6.07, 6.45) is 0.684. The van der Waals surface area contributed by atoms with Crippen molar-refractivity contribution < 1.29 is 9.84 Å². The molecule has 0 saturated carbocycles. The van der Waals surface area contributed by atoms with E-state index < -0.39 is 11.6 Å². The van der Waals surface area contributed by atoms with Gasteiger partial charge in [-0.2, -0.15) is 0 Å². The normalized spacial score (nSPS) is 13.3. The molecule has 6 heteroatoms. The molecule has 6 nitrogen and oxygen atoms in total. The molecule has 0 spiro atoms. The van der Waals surface area contributed by atoms with Crippen LogP contribution in [0, 0.1) is 0 Å². The van der Waals surface area contributed by atoms with Gasteiger partial charge in [0.05, 0.1) is 25.1 Å². The molecule has 1 aromatic rings. The van der Waals surface area contributed by atoms with Crippen molar-refractivity contribution >= 4 is 5.82 Å². The summed E-state index contributed by atoms with van der Waals surface area (Å²) >= 11 is 0. The summed E-state index contributed by atoms with van der Waals surface area (Å²) in [5.41, 5.74) is -0.963. The van der Waals surface area contributed by atoms with Gasteiger partial charge in [0.15, 0.2) is 5.82 Å². The summed E-state index contributed by atoms with van der Waals surface area (Å²) < 4.78 is 4.95. The molecule has 0 saturated heterocycles. The fraction of sp³-hybridized carbons (Fsp3) is 0.600. The van der Waals surface area contributed by atoms with Crippen molar-refractivity contribution in [3.05, 3.63) is 16.7 Å². The van der Waals surface area contributed by atoms with Crippen molar-refractivity contribution in [2.75, 3.05) is 12.4 Å². The molecule has 16 heavy (non-hydrogen) atoms. The number of aliphatic hydroxyl groups excluding tert-OH is 1. The number of ether oxygens (including phenoxy) is 1. The molecule has 1 unspecified atom stereocenters. The standard InChI is InChI=1S/C10H17N3O3/c1-6(14)10(2,3)13-8-7(16-4)9(15)12-5-11-8/h5-6,14H,1-4H3,(H2,11,12,13,15). The quantitative estimate of drug-likeness (QED) is 0.691. The van der Waals surface area contributed by atoms with E-state index in [4.69, 9.17) is 4.74 Å². The molecule has 90 valence electrons. The maximum atomic E-state index is 11.4. The number of H-pyrrole nitrogens is 1. The predicted molar refractivity (Wildman–Crippen MR) is 60.8 cm³/mol. The Labute approximate surface area is 93.7 Å². The minimum atomic E-state index is -0.603. The smallest absolute Gasteiger partial charge is 0.295 e. The van der Waals surface area contributed by atoms with Crippen molar-refractivity contribution in [1.82, 2.24) is 9.97 Å². The summed E-state index contributed by atoms with van der Waals surface area (Å²) in [6.45, 7) is 5.27. The molecule has 0 aliphatic rings. The van der Waals surface area contributed by atoms with Gasteiger partial charge < -0.3 is 20.1 Å². The van der Waals surface area contributed by atoms with Gasteiger partial charge in [0, 0.05) is 0 Å². The molecule has 0 aliphatic carbocycles. The van der Waals surface area contributed by atoms with Crippen LogP contribution in [0.15, 0.2) is 11.1 Å². The number of aliphatic hydroxyl groups is 1. The molecule has 1 atom stereocenters. The summed E-state index contributed by atoms with van der Waals surface area (Å²) in [5, 5.41) is 12.5. The average molecular weight is 227 g/mol. The number of rotatable bonds is 4. The van der Waals surface area contributed by atoms with E-state index >= 15 is 0 Å². The van der Waals surface area contributed by atoms with Crippen LogP contribution >= 0.6 is 0 Å². The fourth-order valence-corrected chi connectivity index (χ4v) is 1.08. The average Bonchev–Trinajstić information content (AvgIpc) is 2.17. The molecule has 1 rings (SSSR count). The third kappa shape index (κ3) is 2.52. The first-order valence-corrected chi connectivity index (χ1v) is 4.96. The SMILES string of the molecule is COc1c(NC(C)(C)C(C)O)nc[nH]c1=O. The molecular weight excluding hydrogens is 210 g/mol. The third-order valence-electron chi connectivity index (χ3n) is 2.50. The van der Waals surface area contributed by atoms with E-state index in [1.165, 1.54) is 13.4 Å². The van der Waals surface area contributed by atoms with Crippen molar-refractivity contribution in [1.29, 1.82) is 0 Å². The summed E-state index contributed by atoms with van der Waals surface area (Å²) in [7, 11) is 1.40. The molecule has 1 heterocycles. The Kier molecular flexibility index (Phi) is 3.54. The third-order valence-corrected chi connectivity index (χ3v) is 2.50. The molecule has 0 bridgehead atoms. The molecule has 3 N–H and O–H groups in total. The highest BCUT2D eigenvalue weighted by molar-refractivity contribution is 5.49. The highest BCUT2D eigenvalue weighted by atomic mass is 16.5. The van der Waals surface area contributed by atoms with Crippen LogP contribution in [0.1, 0.15) is 20.8 Å². The largest absolute Gasteiger partial charge is 0.489 e. The van der Waals surface area contributed by atoms with Gasteiger partial charge in [-0.15, -0.1) is 0 Å². The van der Waals surface area contributed by atoms with Crippen molar-refractivity contribution in [2.45, 2.75) is 32.4 Å². The van der Waals surface area contributed by atoms with E-state index in [9.17, 15) is 9.90 Å². The Bertz CT molecular complexity index is 412. The van der Waals surface area contributed by atoms with Crippen LogP contribution in [-0.2, 0) is 0 Å². The second-order valence-corrected chi connectivity index (χ2v) is 4.14. The Hall–Kier alpha value is -1.56. The number of nitrogens with zero attached hydrogens (tertiary/aromatic N) is 1. The van der Waals surface area contributed by atoms with Crippen LogP contribution in [0.5, 0.6) is 5.75 Å². The van der Waals surface area contributed by atoms with Crippen LogP contribution in [-0.4, -0.2) is 33.8 Å². The monoisotopic (exact) mass is 227 g/mol. The van der Waals surface area contributed by atoms with Gasteiger partial charge in [0.2, 0.25) is 5.75 Å². The van der Waals surface area contributed by atoms with Crippen molar-refractivity contribution in [3.8, 4) is 5.75 Å². The highest BCUT2D eigenvalue weighted by Gasteiger charge is 2.26. The zero-order valence-electron chi connectivity index (χ0n) is 9.87. The van der Waals surface area contributed by atoms with Crippen molar-refractivity contribution in [3.63, 3.8) is 0 Å². The number of hydrogen-bond acceptors (Lipinski definition) is 5. The Morgan fingerprint density at radius 3 is 2.75 bits per heavy atom. The predicted octanol–water partition coefficient (Wildman–Crippen LogP) is 0.350. The van der Waals surface area contributed by atoms with Crippen LogP contribution in [0.2, 0.25) is 0 Å². The van der Waals surface area contributed by atoms with Gasteiger partial charge in [-0.05, 0) is 20.8 Å². The van der Waals surface area contributed by atoms with Gasteiger partial charge >= 0.3 is 0 Å². The Morgan fingerprint density at radius 1 is 1.62 bits per heavy atom. The van der Waals surface area contributed by atoms with Gasteiger partial charge in [-0.3, -0.25) is 4.79 Å². The Balaban J connectivity index is 3.06. The van der Waals surface area contributed by atoms with Crippen LogP contribution in [0.25, 0.3) is 0 Å². The maximum Gasteiger partial charge on any atom is 0.295 e. The number of aromatic nitrogens is 2. The summed E-state index contributed by atoms with van der Waals surface area (Å²) in [5.74, 6) is 0.424. The lowest BCUT2D eigenvalue weighted by Gasteiger charge is -2.30. The second kappa shape index (κ2) is 4.52. The first-order chi connectivity index (χ1) is 7.38. The number of anilines is 1. The minimum absolute atomic E-state index is 0.108. The van der Waals surface area contributed by atoms with Gasteiger partial charge in [-0.25, -0.2) is 4.98 Å². The van der Waals surface area contributed by atoms with Crippen LogP contribution < -0.4 is 15.6 Å². The molecule has 1 aromatic heterocycles. The van der Waals surface area contributed by atoms with E-state index in [-0.39, 0.29) is 11.3 Å². The lowest BCUT2D eigenvalue weighted by atomic mass is 9.99. The van der Waals surface area contributed by atoms with E-state index in [0.29, 0.717) is 5.82 Å². The number of hydrogen-bond donors (Lipinski definition) is 3. The molecular formula is C10H17N3O3. The summed E-state index contributed by atoms with van der Waals surface area (Å²) in [6, 6.07) is 0. The zero-order valence-corrected chi connectivity index (χ0v) is 9.87. The Morgan fingerprint density at radius 2 is 2.25 bits per heavy atom. The number of aromatic amines is 1. The number of methoxy groups -OCH3 is 1. The van der Waals surface area contributed by atoms with E-state index in [2.05, 4.69) is 15.3 Å². The molecule has 0 aliphatic heterocycles. The zero-order chi connectivity index (χ0) is 12.3. The lowest BCUT2D eigenvalue weighted by molar-refractivity contribution is 0.132. The number of nitrogens with one attached hydrogen (secondary N) is 2. The summed E-state index contributed by atoms with van der Waals surface area (Å²) in [4.78, 5) is 17.8. The maximum absolute atomic E-state index is 11.4. The van der Waals surface area contributed by atoms with E-state index in [0.717, 1.165) is 0 Å². The lowest BCUT2D eigenvalue weighted by Crippen LogP contribution is -2.42. The molecule has 0 radical (unpaired) electrons. The fourth-order valence-electron chi connectivity index (χ4n) is 1.08. The first-order valence-electron chi connectivity index (χ1n) is 4.96. The van der Waals surface area contributed by atoms with Gasteiger partial charge in [0.1, 0.15) is 0 Å². The highest BCUT2D eigenvalue weighted by Crippen LogP contribution is 2.21. The second-order valence-electron chi connectivity index (χ2n) is 4.14. The van der Waals surface area contributed by atoms with Gasteiger partial charge in [0.25, 0.3) is 5.56 Å². The van der Waals surface area contributed by atoms with Crippen molar-refractivity contribution in [2.24, 2.45) is 0 Å². The molecule has 0 aromatic carbocycles. The van der Waals surface area contributed by atoms with E-state index in [1.54, 1.807) is 20.8 Å². The van der Waals surface area contributed by atoms with E-state index in [1.807, 2.05) is 0 Å². The first kappa shape index (κ1) is 12.5. The topological polar surface area (TPSA) is 87.2 Å². The van der Waals surface area contributed by atoms with Crippen LogP contribution in [0.3, 0.4) is 0 Å². The van der Waals surface area contributed by atoms with Gasteiger partial charge in [-0.1, -0.05) is 0 Å². The molecule has 0 amide bonds. The minimum Gasteiger partial charge on any atom is -0.489 e. The molecule has 0 fully saturated rings. The van der Waals surface area contributed by atoms with Crippen LogP contribution in [0.4, 0.5) is 5.82 Å².